The highest BCUT2D eigenvalue weighted by Gasteiger charge is 2.10. The van der Waals surface area contributed by atoms with Crippen molar-refractivity contribution in [1.82, 2.24) is 5.32 Å². The highest BCUT2D eigenvalue weighted by molar-refractivity contribution is 14.1. The summed E-state index contributed by atoms with van der Waals surface area (Å²) in [6, 6.07) is -0.183. The van der Waals surface area contributed by atoms with Gasteiger partial charge in [0, 0.05) is 4.55 Å². The molecular formula is C6H12INO2. The van der Waals surface area contributed by atoms with E-state index >= 15 is 0 Å². The third kappa shape index (κ3) is 4.05. The van der Waals surface area contributed by atoms with Gasteiger partial charge in [-0.3, -0.25) is 10.1 Å². The van der Waals surface area contributed by atoms with E-state index < -0.39 is 0 Å². The van der Waals surface area contributed by atoms with Gasteiger partial charge in [-0.1, -0.05) is 22.6 Å². The standard InChI is InChI=1S/C6H12INO2/c1-3-10-6(9)5(2)8-4-7/h5,8H,3-4H2,1-2H3. The molecule has 1 N–H and O–H groups in total. The van der Waals surface area contributed by atoms with Crippen LogP contribution in [0.4, 0.5) is 0 Å². The number of ether oxygens (including phenoxy) is 1. The molecule has 0 amide bonds. The molecule has 0 saturated heterocycles. The van der Waals surface area contributed by atoms with E-state index in [-0.39, 0.29) is 12.0 Å². The molecule has 0 spiro atoms. The topological polar surface area (TPSA) is 38.3 Å². The van der Waals surface area contributed by atoms with Gasteiger partial charge in [0.25, 0.3) is 0 Å². The molecule has 0 aromatic carbocycles. The fourth-order valence-electron chi connectivity index (χ4n) is 0.466. The van der Waals surface area contributed by atoms with E-state index in [0.717, 1.165) is 4.55 Å². The maximum atomic E-state index is 10.8. The van der Waals surface area contributed by atoms with Gasteiger partial charge >= 0.3 is 5.97 Å². The molecule has 0 aromatic rings. The number of hydrogen-bond donors (Lipinski definition) is 1. The van der Waals surface area contributed by atoms with Gasteiger partial charge in [0.2, 0.25) is 0 Å². The highest BCUT2D eigenvalue weighted by Crippen LogP contribution is 1.88. The lowest BCUT2D eigenvalue weighted by Crippen LogP contribution is -2.34. The Kier molecular flexibility index (Phi) is 6.00. The summed E-state index contributed by atoms with van der Waals surface area (Å²) < 4.78 is 5.51. The first-order chi connectivity index (χ1) is 4.72. The Morgan fingerprint density at radius 2 is 2.40 bits per heavy atom. The summed E-state index contributed by atoms with van der Waals surface area (Å²) in [5.74, 6) is -0.181. The van der Waals surface area contributed by atoms with Crippen LogP contribution in [-0.4, -0.2) is 23.2 Å². The fourth-order valence-corrected chi connectivity index (χ4v) is 1.13. The van der Waals surface area contributed by atoms with E-state index in [1.165, 1.54) is 0 Å². The third-order valence-electron chi connectivity index (χ3n) is 1.02. The van der Waals surface area contributed by atoms with E-state index in [1.54, 1.807) is 13.8 Å². The van der Waals surface area contributed by atoms with Gasteiger partial charge in [-0.2, -0.15) is 0 Å². The monoisotopic (exact) mass is 257 g/mol. The van der Waals surface area contributed by atoms with Crippen LogP contribution in [0.5, 0.6) is 0 Å². The summed E-state index contributed by atoms with van der Waals surface area (Å²) in [5, 5.41) is 2.94. The quantitative estimate of drug-likeness (QED) is 0.352. The van der Waals surface area contributed by atoms with Gasteiger partial charge in [0.05, 0.1) is 6.61 Å². The van der Waals surface area contributed by atoms with Crippen LogP contribution in [0.2, 0.25) is 0 Å². The maximum Gasteiger partial charge on any atom is 0.322 e. The molecule has 1 unspecified atom stereocenters. The second-order valence-electron chi connectivity index (χ2n) is 1.81. The van der Waals surface area contributed by atoms with Crippen molar-refractivity contribution in [3.8, 4) is 0 Å². The van der Waals surface area contributed by atoms with Crippen LogP contribution in [0, 0.1) is 0 Å². The van der Waals surface area contributed by atoms with Crippen LogP contribution in [0.1, 0.15) is 13.8 Å². The van der Waals surface area contributed by atoms with Crippen molar-refractivity contribution >= 4 is 28.6 Å². The van der Waals surface area contributed by atoms with Gasteiger partial charge in [0.1, 0.15) is 6.04 Å². The molecule has 0 fully saturated rings. The van der Waals surface area contributed by atoms with Crippen LogP contribution in [0.3, 0.4) is 0 Å². The number of halogens is 1. The molecule has 0 aliphatic rings. The summed E-state index contributed by atoms with van der Waals surface area (Å²) in [6.07, 6.45) is 0. The molecule has 60 valence electrons. The summed E-state index contributed by atoms with van der Waals surface area (Å²) in [5.41, 5.74) is 0. The van der Waals surface area contributed by atoms with Gasteiger partial charge in [-0.15, -0.1) is 0 Å². The molecule has 4 heteroatoms. The molecule has 0 bridgehead atoms. The Hall–Kier alpha value is 0.160. The minimum Gasteiger partial charge on any atom is -0.465 e. The van der Waals surface area contributed by atoms with Crippen molar-refractivity contribution < 1.29 is 9.53 Å². The van der Waals surface area contributed by atoms with Crippen molar-refractivity contribution in [2.24, 2.45) is 0 Å². The average Bonchev–Trinajstić information content (AvgIpc) is 1.89. The molecule has 0 saturated carbocycles. The first kappa shape index (κ1) is 10.2. The third-order valence-corrected chi connectivity index (χ3v) is 1.46. The molecule has 3 nitrogen and oxygen atoms in total. The summed E-state index contributed by atoms with van der Waals surface area (Å²) in [7, 11) is 0. The lowest BCUT2D eigenvalue weighted by molar-refractivity contribution is -0.145. The first-order valence-electron chi connectivity index (χ1n) is 3.18. The Morgan fingerprint density at radius 1 is 1.80 bits per heavy atom. The molecular weight excluding hydrogens is 245 g/mol. The Bertz CT molecular complexity index is 108. The van der Waals surface area contributed by atoms with E-state index in [2.05, 4.69) is 27.9 Å². The Balaban J connectivity index is 3.49. The second-order valence-corrected chi connectivity index (χ2v) is 2.57. The lowest BCUT2D eigenvalue weighted by Gasteiger charge is -2.09. The first-order valence-corrected chi connectivity index (χ1v) is 4.71. The number of alkyl halides is 1. The van der Waals surface area contributed by atoms with Gasteiger partial charge in [-0.25, -0.2) is 0 Å². The van der Waals surface area contributed by atoms with Crippen LogP contribution in [0.15, 0.2) is 0 Å². The number of esters is 1. The minimum absolute atomic E-state index is 0.181. The molecule has 1 atom stereocenters. The predicted molar refractivity (Wildman–Crippen MR) is 48.1 cm³/mol. The molecule has 0 aliphatic carbocycles. The second kappa shape index (κ2) is 5.91. The van der Waals surface area contributed by atoms with Crippen LogP contribution in [0.25, 0.3) is 0 Å². The van der Waals surface area contributed by atoms with Crippen molar-refractivity contribution in [3.63, 3.8) is 0 Å². The van der Waals surface area contributed by atoms with E-state index in [9.17, 15) is 4.79 Å². The van der Waals surface area contributed by atoms with Crippen molar-refractivity contribution in [2.45, 2.75) is 19.9 Å². The molecule has 0 heterocycles. The van der Waals surface area contributed by atoms with Gasteiger partial charge in [-0.05, 0) is 13.8 Å². The average molecular weight is 257 g/mol. The predicted octanol–water partition coefficient (Wildman–Crippen LogP) is 0.920. The maximum absolute atomic E-state index is 10.8. The van der Waals surface area contributed by atoms with Gasteiger partial charge < -0.3 is 4.74 Å². The molecule has 0 rings (SSSR count). The molecule has 10 heavy (non-hydrogen) atoms. The number of carbonyl (C=O) groups excluding carboxylic acids is 1. The van der Waals surface area contributed by atoms with Crippen LogP contribution < -0.4 is 5.32 Å². The minimum atomic E-state index is -0.183. The SMILES string of the molecule is CCOC(=O)C(C)NCI. The van der Waals surface area contributed by atoms with Gasteiger partial charge in [0.15, 0.2) is 0 Å². The Morgan fingerprint density at radius 3 is 2.80 bits per heavy atom. The zero-order valence-electron chi connectivity index (χ0n) is 6.19. The number of rotatable bonds is 4. The normalized spacial score (nSPS) is 12.7. The van der Waals surface area contributed by atoms with E-state index in [0.29, 0.717) is 6.61 Å². The number of nitrogens with one attached hydrogen (secondary N) is 1. The molecule has 0 aliphatic heterocycles. The Labute approximate surface area is 74.7 Å². The summed E-state index contributed by atoms with van der Waals surface area (Å²) in [4.78, 5) is 10.8. The molecule has 0 radical (unpaired) electrons. The highest BCUT2D eigenvalue weighted by atomic mass is 127. The zero-order chi connectivity index (χ0) is 7.98. The summed E-state index contributed by atoms with van der Waals surface area (Å²) >= 11 is 2.15. The van der Waals surface area contributed by atoms with Crippen molar-refractivity contribution in [3.05, 3.63) is 0 Å². The van der Waals surface area contributed by atoms with Crippen LogP contribution >= 0.6 is 22.6 Å². The smallest absolute Gasteiger partial charge is 0.322 e. The van der Waals surface area contributed by atoms with Crippen molar-refractivity contribution in [2.75, 3.05) is 11.2 Å². The number of hydrogen-bond acceptors (Lipinski definition) is 3. The van der Waals surface area contributed by atoms with Crippen LogP contribution in [-0.2, 0) is 9.53 Å². The number of carbonyl (C=O) groups is 1. The zero-order valence-corrected chi connectivity index (χ0v) is 8.34. The van der Waals surface area contributed by atoms with Crippen molar-refractivity contribution in [1.29, 1.82) is 0 Å². The largest absolute Gasteiger partial charge is 0.465 e. The molecule has 0 aromatic heterocycles. The van der Waals surface area contributed by atoms with E-state index in [4.69, 9.17) is 4.74 Å². The fraction of sp³-hybridized carbons (Fsp3) is 0.833. The summed E-state index contributed by atoms with van der Waals surface area (Å²) in [6.45, 7) is 4.04. The lowest BCUT2D eigenvalue weighted by atomic mass is 10.3. The van der Waals surface area contributed by atoms with E-state index in [1.807, 2.05) is 0 Å².